The minimum atomic E-state index is -0.798. The molecule has 0 spiro atoms. The molecular formula is C20H20N2O4. The highest BCUT2D eigenvalue weighted by Crippen LogP contribution is 2.43. The largest absolute Gasteiger partial charge is 0.366 e. The third kappa shape index (κ3) is 1.99. The molecule has 0 radical (unpaired) electrons. The Kier molecular flexibility index (Phi) is 3.19. The molecule has 6 heteroatoms. The van der Waals surface area contributed by atoms with Crippen LogP contribution < -0.4 is 0 Å². The van der Waals surface area contributed by atoms with Crippen molar-refractivity contribution in [3.8, 4) is 0 Å². The van der Waals surface area contributed by atoms with Crippen LogP contribution in [0.25, 0.3) is 0 Å². The number of fused-ring (bicyclic) bond motifs is 6. The molecule has 2 bridgehead atoms. The fraction of sp³-hybridized carbons (Fsp3) is 0.450. The number of amides is 3. The topological polar surface area (TPSA) is 66.9 Å². The zero-order valence-electron chi connectivity index (χ0n) is 14.7. The number of hydrogen-bond donors (Lipinski definition) is 0. The smallest absolute Gasteiger partial charge is 0.262 e. The summed E-state index contributed by atoms with van der Waals surface area (Å²) in [6, 6.07) is 4.40. The highest BCUT2D eigenvalue weighted by atomic mass is 16.5. The second-order valence-electron chi connectivity index (χ2n) is 7.73. The van der Waals surface area contributed by atoms with E-state index in [-0.39, 0.29) is 29.9 Å². The highest BCUT2D eigenvalue weighted by Gasteiger charge is 2.52. The summed E-state index contributed by atoms with van der Waals surface area (Å²) in [6.45, 7) is 4.78. The second kappa shape index (κ2) is 5.27. The van der Waals surface area contributed by atoms with Crippen LogP contribution in [0.2, 0.25) is 0 Å². The molecule has 3 amide bonds. The molecule has 6 nitrogen and oxygen atoms in total. The summed E-state index contributed by atoms with van der Waals surface area (Å²) in [5.41, 5.74) is 1.69. The average molecular weight is 352 g/mol. The summed E-state index contributed by atoms with van der Waals surface area (Å²) in [5.74, 6) is -0.267. The van der Waals surface area contributed by atoms with Gasteiger partial charge in [-0.1, -0.05) is 23.8 Å². The molecule has 5 unspecified atom stereocenters. The van der Waals surface area contributed by atoms with Crippen molar-refractivity contribution in [2.24, 2.45) is 11.8 Å². The first-order chi connectivity index (χ1) is 12.5. The van der Waals surface area contributed by atoms with Crippen LogP contribution in [0.1, 0.15) is 33.2 Å². The van der Waals surface area contributed by atoms with Gasteiger partial charge in [0.05, 0.1) is 23.3 Å². The molecule has 4 aliphatic rings. The third-order valence-corrected chi connectivity index (χ3v) is 6.19. The maximum absolute atomic E-state index is 13.0. The van der Waals surface area contributed by atoms with Crippen molar-refractivity contribution in [3.05, 3.63) is 47.0 Å². The number of likely N-dealkylation sites (tertiary alicyclic amines) is 1. The number of ether oxygens (including phenoxy) is 1. The summed E-state index contributed by atoms with van der Waals surface area (Å²) in [7, 11) is 0. The van der Waals surface area contributed by atoms with Crippen LogP contribution in [0.4, 0.5) is 0 Å². The van der Waals surface area contributed by atoms with E-state index in [1.807, 2.05) is 13.0 Å². The monoisotopic (exact) mass is 352 g/mol. The predicted molar refractivity (Wildman–Crippen MR) is 92.5 cm³/mol. The number of carbonyl (C=O) groups excluding carboxylic acids is 3. The van der Waals surface area contributed by atoms with Gasteiger partial charge in [0.15, 0.2) is 0 Å². The Labute approximate surface area is 151 Å². The van der Waals surface area contributed by atoms with Gasteiger partial charge in [-0.05, 0) is 26.0 Å². The van der Waals surface area contributed by atoms with Crippen LogP contribution in [0.15, 0.2) is 30.4 Å². The zero-order valence-corrected chi connectivity index (χ0v) is 14.7. The van der Waals surface area contributed by atoms with Gasteiger partial charge in [-0.2, -0.15) is 0 Å². The number of carbonyl (C=O) groups is 3. The second-order valence-corrected chi connectivity index (χ2v) is 7.73. The van der Waals surface area contributed by atoms with Crippen LogP contribution in [0.3, 0.4) is 0 Å². The predicted octanol–water partition coefficient (Wildman–Crippen LogP) is 1.39. The molecule has 5 rings (SSSR count). The number of nitrogens with zero attached hydrogens (tertiary/aromatic N) is 2. The molecule has 0 aromatic heterocycles. The molecule has 2 fully saturated rings. The fourth-order valence-corrected chi connectivity index (χ4v) is 4.81. The standard InChI is InChI=1S/C20H20N2O4/c1-10-3-4-12-13(7-10)20(25)22(19(12)24)11(2)18(23)21-8-14-15(9-21)17-6-5-16(14)26-17/h3-7,11,14-17H,8-9H2,1-2H3. The van der Waals surface area contributed by atoms with Crippen LogP contribution >= 0.6 is 0 Å². The number of rotatable bonds is 2. The number of aryl methyl sites for hydroxylation is 1. The van der Waals surface area contributed by atoms with Crippen molar-refractivity contribution in [3.63, 3.8) is 0 Å². The lowest BCUT2D eigenvalue weighted by molar-refractivity contribution is -0.134. The quantitative estimate of drug-likeness (QED) is 0.596. The third-order valence-electron chi connectivity index (χ3n) is 6.19. The van der Waals surface area contributed by atoms with Crippen LogP contribution in [0.5, 0.6) is 0 Å². The van der Waals surface area contributed by atoms with Crippen molar-refractivity contribution in [1.29, 1.82) is 0 Å². The minimum absolute atomic E-state index is 0.0976. The first kappa shape index (κ1) is 15.8. The van der Waals surface area contributed by atoms with Gasteiger partial charge in [-0.3, -0.25) is 19.3 Å². The molecule has 4 aliphatic heterocycles. The maximum atomic E-state index is 13.0. The van der Waals surface area contributed by atoms with Crippen LogP contribution in [0, 0.1) is 18.8 Å². The van der Waals surface area contributed by atoms with E-state index in [9.17, 15) is 14.4 Å². The van der Waals surface area contributed by atoms with Crippen molar-refractivity contribution < 1.29 is 19.1 Å². The summed E-state index contributed by atoms with van der Waals surface area (Å²) in [4.78, 5) is 41.4. The Morgan fingerprint density at radius 2 is 1.69 bits per heavy atom. The Morgan fingerprint density at radius 1 is 1.08 bits per heavy atom. The normalized spacial score (nSPS) is 32.4. The first-order valence-corrected chi connectivity index (χ1v) is 9.07. The summed E-state index contributed by atoms with van der Waals surface area (Å²) in [5, 5.41) is 0. The van der Waals surface area contributed by atoms with Crippen LogP contribution in [-0.2, 0) is 9.53 Å². The van der Waals surface area contributed by atoms with Gasteiger partial charge in [0.1, 0.15) is 6.04 Å². The van der Waals surface area contributed by atoms with E-state index in [1.165, 1.54) is 0 Å². The Bertz CT molecular complexity index is 857. The van der Waals surface area contributed by atoms with Gasteiger partial charge in [-0.15, -0.1) is 0 Å². The average Bonchev–Trinajstić information content (AvgIpc) is 3.36. The number of benzene rings is 1. The molecule has 0 saturated carbocycles. The Hall–Kier alpha value is -2.47. The van der Waals surface area contributed by atoms with E-state index in [1.54, 1.807) is 24.0 Å². The van der Waals surface area contributed by atoms with E-state index < -0.39 is 6.04 Å². The lowest BCUT2D eigenvalue weighted by Gasteiger charge is -2.27. The van der Waals surface area contributed by atoms with Gasteiger partial charge in [-0.25, -0.2) is 0 Å². The Morgan fingerprint density at radius 3 is 2.35 bits per heavy atom. The number of imide groups is 1. The van der Waals surface area contributed by atoms with Gasteiger partial charge >= 0.3 is 0 Å². The van der Waals surface area contributed by atoms with Crippen molar-refractivity contribution in [2.45, 2.75) is 32.1 Å². The minimum Gasteiger partial charge on any atom is -0.366 e. The van der Waals surface area contributed by atoms with Gasteiger partial charge < -0.3 is 9.64 Å². The van der Waals surface area contributed by atoms with Crippen molar-refractivity contribution in [1.82, 2.24) is 9.80 Å². The fourth-order valence-electron chi connectivity index (χ4n) is 4.81. The van der Waals surface area contributed by atoms with Crippen LogP contribution in [-0.4, -0.2) is 58.9 Å². The van der Waals surface area contributed by atoms with E-state index in [0.717, 1.165) is 10.5 Å². The SMILES string of the molecule is Cc1ccc2c(c1)C(=O)N(C(C)C(=O)N1CC3C4C=CC(O4)C3C1)C2=O. The highest BCUT2D eigenvalue weighted by molar-refractivity contribution is 6.22. The summed E-state index contributed by atoms with van der Waals surface area (Å²) in [6.07, 6.45) is 4.35. The Balaban J connectivity index is 1.36. The van der Waals surface area contributed by atoms with E-state index in [4.69, 9.17) is 4.74 Å². The van der Waals surface area contributed by atoms with Gasteiger partial charge in [0.2, 0.25) is 5.91 Å². The molecule has 0 aliphatic carbocycles. The maximum Gasteiger partial charge on any atom is 0.262 e. The zero-order chi connectivity index (χ0) is 18.2. The first-order valence-electron chi connectivity index (χ1n) is 9.07. The molecule has 5 atom stereocenters. The molecule has 26 heavy (non-hydrogen) atoms. The molecule has 134 valence electrons. The molecule has 4 heterocycles. The van der Waals surface area contributed by atoms with Crippen molar-refractivity contribution in [2.75, 3.05) is 13.1 Å². The van der Waals surface area contributed by atoms with E-state index >= 15 is 0 Å². The molecular weight excluding hydrogens is 332 g/mol. The lowest BCUT2D eigenvalue weighted by atomic mass is 9.86. The summed E-state index contributed by atoms with van der Waals surface area (Å²) >= 11 is 0. The van der Waals surface area contributed by atoms with Gasteiger partial charge in [0.25, 0.3) is 11.8 Å². The number of hydrogen-bond acceptors (Lipinski definition) is 4. The van der Waals surface area contributed by atoms with E-state index in [0.29, 0.717) is 36.1 Å². The molecule has 2 saturated heterocycles. The molecule has 1 aromatic carbocycles. The lowest BCUT2D eigenvalue weighted by Crippen LogP contribution is -2.49. The molecule has 1 aromatic rings. The van der Waals surface area contributed by atoms with Gasteiger partial charge in [0, 0.05) is 24.9 Å². The molecule has 0 N–H and O–H groups in total. The summed E-state index contributed by atoms with van der Waals surface area (Å²) < 4.78 is 5.85. The van der Waals surface area contributed by atoms with Crippen molar-refractivity contribution >= 4 is 17.7 Å². The van der Waals surface area contributed by atoms with E-state index in [2.05, 4.69) is 12.2 Å².